The highest BCUT2D eigenvalue weighted by atomic mass is 16.6. The summed E-state index contributed by atoms with van der Waals surface area (Å²) in [4.78, 5) is 28.7. The van der Waals surface area contributed by atoms with Crippen LogP contribution in [0.25, 0.3) is 0 Å². The maximum Gasteiger partial charge on any atom is 0.334 e. The number of piperidine rings is 2. The number of aliphatic hydroxyl groups is 3. The highest BCUT2D eigenvalue weighted by Crippen LogP contribution is 2.60. The van der Waals surface area contributed by atoms with E-state index in [0.717, 1.165) is 90.3 Å². The third-order valence-electron chi connectivity index (χ3n) is 17.6. The fraction of sp³-hybridized carbons (Fsp3) is 0.915. The molecule has 9 N–H and O–H groups in total. The second kappa shape index (κ2) is 19.3. The predicted molar refractivity (Wildman–Crippen MR) is 228 cm³/mol. The van der Waals surface area contributed by atoms with Crippen LogP contribution in [0, 0.1) is 65.1 Å². The first-order chi connectivity index (χ1) is 29.0. The molecule has 16 unspecified atom stereocenters. The van der Waals surface area contributed by atoms with Crippen molar-refractivity contribution in [2.75, 3.05) is 39.8 Å². The lowest BCUT2D eigenvalue weighted by Crippen LogP contribution is -2.71. The minimum atomic E-state index is -1.05. The number of esters is 1. The van der Waals surface area contributed by atoms with Gasteiger partial charge in [-0.05, 0) is 178 Å². The Balaban J connectivity index is 1.28. The Morgan fingerprint density at radius 1 is 0.967 bits per heavy atom. The van der Waals surface area contributed by atoms with Crippen molar-refractivity contribution >= 4 is 11.8 Å². The van der Waals surface area contributed by atoms with Gasteiger partial charge in [0.15, 0.2) is 0 Å². The molecule has 60 heavy (non-hydrogen) atoms. The Morgan fingerprint density at radius 2 is 1.77 bits per heavy atom. The number of nitrogens with one attached hydrogen (secondary N) is 4. The molecule has 5 aliphatic heterocycles. The Labute approximate surface area is 358 Å². The zero-order valence-electron chi connectivity index (χ0n) is 36.9. The summed E-state index contributed by atoms with van der Waals surface area (Å²) in [5, 5.41) is 48.6. The van der Waals surface area contributed by atoms with E-state index in [4.69, 9.17) is 19.9 Å². The number of fused-ring (bicyclic) bond motifs is 5. The molecule has 340 valence electrons. The molecule has 5 saturated heterocycles. The molecule has 0 aromatic carbocycles. The first-order valence-corrected chi connectivity index (χ1v) is 24.3. The number of ether oxygens (including phenoxy) is 3. The fourth-order valence-corrected chi connectivity index (χ4v) is 14.6. The van der Waals surface area contributed by atoms with E-state index in [1.807, 2.05) is 20.0 Å². The van der Waals surface area contributed by atoms with Gasteiger partial charge in [0.1, 0.15) is 17.5 Å². The van der Waals surface area contributed by atoms with Crippen LogP contribution in [0.15, 0.2) is 11.6 Å². The first-order valence-electron chi connectivity index (χ1n) is 24.3. The van der Waals surface area contributed by atoms with E-state index in [9.17, 15) is 24.9 Å². The van der Waals surface area contributed by atoms with Gasteiger partial charge in [0, 0.05) is 23.8 Å². The van der Waals surface area contributed by atoms with E-state index in [-0.39, 0.29) is 72.6 Å². The van der Waals surface area contributed by atoms with Crippen LogP contribution in [-0.4, -0.2) is 121 Å². The number of carbonyl (C=O) groups excluding carboxylic acids is 2. The molecule has 13 nitrogen and oxygen atoms in total. The molecule has 3 aliphatic carbocycles. The number of rotatable bonds is 10. The SMILES string of the molecule is CC=C(CCNC)C(=O)O[C@@H]1CC2C(O)C3C(=O)CC(CO)OC3C3C4CC5CC(O)CCC5CC[C@H](C[C@@H](CC5CCC(NCC)NC5)[C@]1(C)OC23)C1C(N)NCCC41. The Morgan fingerprint density at radius 3 is 2.50 bits per heavy atom. The summed E-state index contributed by atoms with van der Waals surface area (Å²) >= 11 is 0. The van der Waals surface area contributed by atoms with E-state index in [2.05, 4.69) is 35.1 Å². The van der Waals surface area contributed by atoms with Crippen molar-refractivity contribution in [2.45, 2.75) is 165 Å². The second-order valence-corrected chi connectivity index (χ2v) is 20.8. The number of aliphatic hydroxyl groups excluding tert-OH is 3. The molecule has 20 atom stereocenters. The van der Waals surface area contributed by atoms with Crippen LogP contribution >= 0.6 is 0 Å². The molecule has 0 aromatic heterocycles. The lowest BCUT2D eigenvalue weighted by Gasteiger charge is -2.63. The number of allylic oxidation sites excluding steroid dienone is 1. The lowest BCUT2D eigenvalue weighted by molar-refractivity contribution is -0.308. The van der Waals surface area contributed by atoms with Crippen LogP contribution in [-0.2, 0) is 23.8 Å². The summed E-state index contributed by atoms with van der Waals surface area (Å²) in [5.74, 6) is 0.0222. The average Bonchev–Trinajstić information content (AvgIpc) is 3.29. The number of hydrogen-bond acceptors (Lipinski definition) is 13. The summed E-state index contributed by atoms with van der Waals surface area (Å²) in [5.41, 5.74) is 7.05. The maximum atomic E-state index is 14.3. The molecular weight excluding hydrogens is 763 g/mol. The largest absolute Gasteiger partial charge is 0.456 e. The monoisotopic (exact) mass is 842 g/mol. The van der Waals surface area contributed by atoms with Gasteiger partial charge in [0.25, 0.3) is 0 Å². The summed E-state index contributed by atoms with van der Waals surface area (Å²) in [6, 6.07) is 0. The van der Waals surface area contributed by atoms with Crippen molar-refractivity contribution in [3.05, 3.63) is 11.6 Å². The van der Waals surface area contributed by atoms with Crippen LogP contribution in [0.2, 0.25) is 0 Å². The summed E-state index contributed by atoms with van der Waals surface area (Å²) < 4.78 is 21.5. The second-order valence-electron chi connectivity index (χ2n) is 20.8. The van der Waals surface area contributed by atoms with Gasteiger partial charge < -0.3 is 56.5 Å². The van der Waals surface area contributed by atoms with Crippen molar-refractivity contribution in [3.8, 4) is 0 Å². The Hall–Kier alpha value is -1.52. The average molecular weight is 842 g/mol. The summed E-state index contributed by atoms with van der Waals surface area (Å²) in [6.45, 7) is 9.22. The van der Waals surface area contributed by atoms with Crippen LogP contribution in [0.4, 0.5) is 0 Å². The number of Topliss-reactive ketones (excluding diaryl/α,β-unsaturated/α-hetero) is 1. The van der Waals surface area contributed by atoms with Gasteiger partial charge in [-0.1, -0.05) is 13.0 Å². The third-order valence-corrected chi connectivity index (χ3v) is 17.6. The van der Waals surface area contributed by atoms with Gasteiger partial charge in [-0.25, -0.2) is 4.79 Å². The smallest absolute Gasteiger partial charge is 0.334 e. The Bertz CT molecular complexity index is 1510. The Kier molecular flexibility index (Phi) is 14.5. The van der Waals surface area contributed by atoms with Crippen LogP contribution in [0.1, 0.15) is 111 Å². The first kappa shape index (κ1) is 45.1. The van der Waals surface area contributed by atoms with Gasteiger partial charge in [0.2, 0.25) is 0 Å². The number of nitrogens with two attached hydrogens (primary N) is 1. The highest BCUT2D eigenvalue weighted by Gasteiger charge is 2.66. The standard InChI is InChI=1S/C47H79N5O8/c1-5-26(13-15-49-4)46(57)59-37-22-35-42(56)41-36(55)21-32(24-53)58-44(41)40-34-20-29-19-31(54)11-10-27(29)8-9-28(39-33(34)14-16-51-45(39)48)18-30(47(37,3)60-43(35)40)17-25-7-12-38(50-6-2)52-23-25/h5,25,27-35,37-45,49-54,56H,6-24,48H2,1-4H3/t25?,27?,28-,29?,30-,31?,32?,33?,34?,35?,37-,38?,39?,40?,41?,42?,43?,44?,45?,47+/m1/s1. The molecule has 0 aromatic rings. The fourth-order valence-electron chi connectivity index (χ4n) is 14.6. The molecule has 0 amide bonds. The van der Waals surface area contributed by atoms with Crippen LogP contribution < -0.4 is 27.0 Å². The van der Waals surface area contributed by atoms with Crippen molar-refractivity contribution in [1.82, 2.24) is 21.3 Å². The molecule has 4 bridgehead atoms. The van der Waals surface area contributed by atoms with Crippen molar-refractivity contribution in [2.24, 2.45) is 70.8 Å². The van der Waals surface area contributed by atoms with Gasteiger partial charge in [-0.2, -0.15) is 0 Å². The number of carbonyl (C=O) groups is 2. The van der Waals surface area contributed by atoms with Crippen molar-refractivity contribution in [1.29, 1.82) is 0 Å². The van der Waals surface area contributed by atoms with Crippen molar-refractivity contribution < 1.29 is 39.1 Å². The van der Waals surface area contributed by atoms with E-state index < -0.39 is 48.0 Å². The van der Waals surface area contributed by atoms with Crippen LogP contribution in [0.3, 0.4) is 0 Å². The summed E-state index contributed by atoms with van der Waals surface area (Å²) in [6.07, 6.45) is 9.63. The topological polar surface area (TPSA) is 197 Å². The molecule has 8 aliphatic rings. The number of ketones is 1. The summed E-state index contributed by atoms with van der Waals surface area (Å²) in [7, 11) is 1.88. The van der Waals surface area contributed by atoms with Crippen molar-refractivity contribution in [3.63, 3.8) is 0 Å². The van der Waals surface area contributed by atoms with Gasteiger partial charge in [-0.3, -0.25) is 4.79 Å². The van der Waals surface area contributed by atoms with Gasteiger partial charge >= 0.3 is 5.97 Å². The molecule has 0 spiro atoms. The van der Waals surface area contributed by atoms with Crippen LogP contribution in [0.5, 0.6) is 0 Å². The molecule has 5 heterocycles. The molecule has 8 fully saturated rings. The minimum absolute atomic E-state index is 0.0146. The van der Waals surface area contributed by atoms with Gasteiger partial charge in [0.05, 0.1) is 55.4 Å². The minimum Gasteiger partial charge on any atom is -0.456 e. The molecule has 8 rings (SSSR count). The van der Waals surface area contributed by atoms with Gasteiger partial charge in [-0.15, -0.1) is 0 Å². The predicted octanol–water partition coefficient (Wildman–Crippen LogP) is 2.99. The third kappa shape index (κ3) is 8.81. The molecule has 0 radical (unpaired) electrons. The normalized spacial score (nSPS) is 48.4. The quantitative estimate of drug-likeness (QED) is 0.118. The van der Waals surface area contributed by atoms with E-state index in [1.54, 1.807) is 0 Å². The lowest BCUT2D eigenvalue weighted by atomic mass is 9.52. The molecule has 13 heteroatoms. The highest BCUT2D eigenvalue weighted by molar-refractivity contribution is 5.88. The number of hydrogen-bond donors (Lipinski definition) is 8. The zero-order chi connectivity index (χ0) is 42.3. The van der Waals surface area contributed by atoms with E-state index in [0.29, 0.717) is 48.9 Å². The molecular formula is C47H79N5O8. The molecule has 3 saturated carbocycles. The van der Waals surface area contributed by atoms with E-state index >= 15 is 0 Å². The zero-order valence-corrected chi connectivity index (χ0v) is 36.9. The van der Waals surface area contributed by atoms with E-state index in [1.165, 1.54) is 0 Å². The maximum absolute atomic E-state index is 14.3.